The highest BCUT2D eigenvalue weighted by Gasteiger charge is 2.20. The quantitative estimate of drug-likeness (QED) is 0.911. The molecule has 0 unspecified atom stereocenters. The minimum Gasteiger partial charge on any atom is -0.354 e. The number of aromatic nitrogens is 1. The van der Waals surface area contributed by atoms with E-state index >= 15 is 0 Å². The summed E-state index contributed by atoms with van der Waals surface area (Å²) < 4.78 is 0. The van der Waals surface area contributed by atoms with E-state index in [1.807, 2.05) is 18.2 Å². The molecule has 0 saturated carbocycles. The van der Waals surface area contributed by atoms with Crippen molar-refractivity contribution in [1.82, 2.24) is 9.88 Å². The normalized spacial score (nSPS) is 14.8. The average Bonchev–Trinajstić information content (AvgIpc) is 2.63. The first kappa shape index (κ1) is 17.2. The Morgan fingerprint density at radius 1 is 1.24 bits per heavy atom. The van der Waals surface area contributed by atoms with E-state index in [9.17, 15) is 4.79 Å². The molecule has 2 heterocycles. The standard InChI is InChI=1S/C18H18ClN5O/c19-15-5-4-14(12-20)16(11-15)22-18(25)13-23-7-9-24(10-8-23)17-3-1-2-6-21-17/h1-6,11H,7-10,13H2,(H,22,25). The second kappa shape index (κ2) is 7.97. The van der Waals surface area contributed by atoms with E-state index in [2.05, 4.69) is 26.2 Å². The summed E-state index contributed by atoms with van der Waals surface area (Å²) in [6, 6.07) is 12.7. The molecule has 6 nitrogen and oxygen atoms in total. The van der Waals surface area contributed by atoms with E-state index in [-0.39, 0.29) is 12.5 Å². The summed E-state index contributed by atoms with van der Waals surface area (Å²) in [6.45, 7) is 3.50. The first-order valence-corrected chi connectivity index (χ1v) is 8.41. The summed E-state index contributed by atoms with van der Waals surface area (Å²) in [7, 11) is 0. The van der Waals surface area contributed by atoms with Crippen molar-refractivity contribution < 1.29 is 4.79 Å². The number of anilines is 2. The topological polar surface area (TPSA) is 72.3 Å². The largest absolute Gasteiger partial charge is 0.354 e. The van der Waals surface area contributed by atoms with Gasteiger partial charge in [-0.3, -0.25) is 9.69 Å². The van der Waals surface area contributed by atoms with Gasteiger partial charge in [-0.1, -0.05) is 17.7 Å². The molecule has 1 aliphatic heterocycles. The number of hydrogen-bond acceptors (Lipinski definition) is 5. The third kappa shape index (κ3) is 4.47. The molecule has 0 spiro atoms. The lowest BCUT2D eigenvalue weighted by Gasteiger charge is -2.34. The van der Waals surface area contributed by atoms with E-state index < -0.39 is 0 Å². The van der Waals surface area contributed by atoms with Crippen molar-refractivity contribution in [3.63, 3.8) is 0 Å². The molecule has 1 aromatic carbocycles. The molecule has 3 rings (SSSR count). The third-order valence-electron chi connectivity index (χ3n) is 4.09. The second-order valence-electron chi connectivity index (χ2n) is 5.80. The van der Waals surface area contributed by atoms with Gasteiger partial charge in [-0.15, -0.1) is 0 Å². The van der Waals surface area contributed by atoms with Gasteiger partial charge in [0.05, 0.1) is 17.8 Å². The van der Waals surface area contributed by atoms with Gasteiger partial charge in [0, 0.05) is 37.4 Å². The van der Waals surface area contributed by atoms with Crippen molar-refractivity contribution in [1.29, 1.82) is 5.26 Å². The lowest BCUT2D eigenvalue weighted by Crippen LogP contribution is -2.48. The molecule has 2 aromatic rings. The molecule has 0 atom stereocenters. The van der Waals surface area contributed by atoms with Crippen molar-refractivity contribution in [3.8, 4) is 6.07 Å². The zero-order chi connectivity index (χ0) is 17.6. The van der Waals surface area contributed by atoms with Crippen LogP contribution in [0.15, 0.2) is 42.6 Å². The van der Waals surface area contributed by atoms with Crippen LogP contribution >= 0.6 is 11.6 Å². The lowest BCUT2D eigenvalue weighted by molar-refractivity contribution is -0.117. The molecule has 1 fully saturated rings. The maximum Gasteiger partial charge on any atom is 0.238 e. The summed E-state index contributed by atoms with van der Waals surface area (Å²) >= 11 is 5.94. The Balaban J connectivity index is 1.53. The maximum absolute atomic E-state index is 12.3. The zero-order valence-corrected chi connectivity index (χ0v) is 14.4. The van der Waals surface area contributed by atoms with Crippen LogP contribution < -0.4 is 10.2 Å². The number of pyridine rings is 1. The summed E-state index contributed by atoms with van der Waals surface area (Å²) in [4.78, 5) is 20.9. The van der Waals surface area contributed by atoms with Crippen molar-refractivity contribution in [2.24, 2.45) is 0 Å². The van der Waals surface area contributed by atoms with Crippen molar-refractivity contribution in [2.75, 3.05) is 42.9 Å². The molecule has 1 N–H and O–H groups in total. The van der Waals surface area contributed by atoms with Gasteiger partial charge in [0.15, 0.2) is 0 Å². The summed E-state index contributed by atoms with van der Waals surface area (Å²) in [5.41, 5.74) is 0.852. The van der Waals surface area contributed by atoms with Crippen molar-refractivity contribution >= 4 is 29.0 Å². The van der Waals surface area contributed by atoms with Gasteiger partial charge in [-0.2, -0.15) is 5.26 Å². The van der Waals surface area contributed by atoms with E-state index in [4.69, 9.17) is 16.9 Å². The van der Waals surface area contributed by atoms with E-state index in [1.54, 1.807) is 24.4 Å². The van der Waals surface area contributed by atoms with Crippen LogP contribution in [-0.4, -0.2) is 48.5 Å². The number of benzene rings is 1. The van der Waals surface area contributed by atoms with E-state index in [1.165, 1.54) is 0 Å². The molecule has 1 aliphatic rings. The van der Waals surface area contributed by atoms with Crippen LogP contribution in [0.1, 0.15) is 5.56 Å². The van der Waals surface area contributed by atoms with Crippen LogP contribution in [0.25, 0.3) is 0 Å². The fourth-order valence-corrected chi connectivity index (χ4v) is 2.96. The Hall–Kier alpha value is -2.62. The summed E-state index contributed by atoms with van der Waals surface area (Å²) in [6.07, 6.45) is 1.78. The number of hydrogen-bond donors (Lipinski definition) is 1. The van der Waals surface area contributed by atoms with Crippen LogP contribution in [0, 0.1) is 11.3 Å². The highest BCUT2D eigenvalue weighted by atomic mass is 35.5. The minimum atomic E-state index is -0.148. The highest BCUT2D eigenvalue weighted by molar-refractivity contribution is 6.31. The number of carbonyl (C=O) groups is 1. The number of rotatable bonds is 4. The second-order valence-corrected chi connectivity index (χ2v) is 6.24. The van der Waals surface area contributed by atoms with E-state index in [0.717, 1.165) is 32.0 Å². The molecule has 7 heteroatoms. The Morgan fingerprint density at radius 2 is 2.04 bits per heavy atom. The van der Waals surface area contributed by atoms with Gasteiger partial charge >= 0.3 is 0 Å². The predicted octanol–water partition coefficient (Wildman–Crippen LogP) is 2.37. The number of nitrogens with zero attached hydrogens (tertiary/aromatic N) is 4. The fraction of sp³-hybridized carbons (Fsp3) is 0.278. The molecule has 1 aromatic heterocycles. The van der Waals surface area contributed by atoms with Gasteiger partial charge in [0.1, 0.15) is 11.9 Å². The van der Waals surface area contributed by atoms with Crippen LogP contribution in [0.4, 0.5) is 11.5 Å². The zero-order valence-electron chi connectivity index (χ0n) is 13.7. The third-order valence-corrected chi connectivity index (χ3v) is 4.32. The summed E-state index contributed by atoms with van der Waals surface area (Å²) in [5, 5.41) is 12.4. The van der Waals surface area contributed by atoms with Gasteiger partial charge in [-0.05, 0) is 30.3 Å². The summed E-state index contributed by atoms with van der Waals surface area (Å²) in [5.74, 6) is 0.814. The monoisotopic (exact) mass is 355 g/mol. The van der Waals surface area contributed by atoms with E-state index in [0.29, 0.717) is 16.3 Å². The molecule has 128 valence electrons. The number of amides is 1. The molecular formula is C18H18ClN5O. The molecule has 1 saturated heterocycles. The van der Waals surface area contributed by atoms with Crippen LogP contribution in [0.5, 0.6) is 0 Å². The molecular weight excluding hydrogens is 338 g/mol. The Bertz CT molecular complexity index is 782. The predicted molar refractivity (Wildman–Crippen MR) is 97.7 cm³/mol. The van der Waals surface area contributed by atoms with Gasteiger partial charge in [-0.25, -0.2) is 4.98 Å². The van der Waals surface area contributed by atoms with Crippen molar-refractivity contribution in [2.45, 2.75) is 0 Å². The van der Waals surface area contributed by atoms with Gasteiger partial charge < -0.3 is 10.2 Å². The molecule has 25 heavy (non-hydrogen) atoms. The molecule has 0 aliphatic carbocycles. The van der Waals surface area contributed by atoms with Gasteiger partial charge in [0.2, 0.25) is 5.91 Å². The average molecular weight is 356 g/mol. The van der Waals surface area contributed by atoms with Crippen LogP contribution in [-0.2, 0) is 4.79 Å². The molecule has 1 amide bonds. The number of nitrogens with one attached hydrogen (secondary N) is 1. The van der Waals surface area contributed by atoms with Gasteiger partial charge in [0.25, 0.3) is 0 Å². The Morgan fingerprint density at radius 3 is 2.72 bits per heavy atom. The Kier molecular flexibility index (Phi) is 5.49. The minimum absolute atomic E-state index is 0.148. The SMILES string of the molecule is N#Cc1ccc(Cl)cc1NC(=O)CN1CCN(c2ccccn2)CC1. The maximum atomic E-state index is 12.3. The number of halogens is 1. The van der Waals surface area contributed by atoms with Crippen LogP contribution in [0.2, 0.25) is 5.02 Å². The first-order valence-electron chi connectivity index (χ1n) is 8.03. The lowest BCUT2D eigenvalue weighted by atomic mass is 10.2. The molecule has 0 bridgehead atoms. The highest BCUT2D eigenvalue weighted by Crippen LogP contribution is 2.20. The van der Waals surface area contributed by atoms with Crippen molar-refractivity contribution in [3.05, 3.63) is 53.2 Å². The number of piperazine rings is 1. The smallest absolute Gasteiger partial charge is 0.238 e. The van der Waals surface area contributed by atoms with Crippen LogP contribution in [0.3, 0.4) is 0 Å². The number of nitriles is 1. The molecule has 0 radical (unpaired) electrons. The first-order chi connectivity index (χ1) is 12.2. The number of carbonyl (C=O) groups excluding carboxylic acids is 1. The Labute approximate surface area is 151 Å². The fourth-order valence-electron chi connectivity index (χ4n) is 2.79.